The monoisotopic (exact) mass is 264 g/mol. The van der Waals surface area contributed by atoms with Gasteiger partial charge in [-0.05, 0) is 51.7 Å². The Kier molecular flexibility index (Phi) is 4.30. The van der Waals surface area contributed by atoms with Crippen LogP contribution >= 0.6 is 0 Å². The highest BCUT2D eigenvalue weighted by Gasteiger charge is 2.36. The van der Waals surface area contributed by atoms with E-state index in [1.54, 1.807) is 0 Å². The van der Waals surface area contributed by atoms with Crippen LogP contribution in [0.25, 0.3) is 0 Å². The molecule has 0 aliphatic carbocycles. The minimum absolute atomic E-state index is 0.122. The summed E-state index contributed by atoms with van der Waals surface area (Å²) in [5.41, 5.74) is 1.05. The molecule has 19 heavy (non-hydrogen) atoms. The van der Waals surface area contributed by atoms with Gasteiger partial charge in [-0.3, -0.25) is 4.79 Å². The minimum atomic E-state index is -0.361. The molecule has 1 fully saturated rings. The molecule has 0 spiro atoms. The van der Waals surface area contributed by atoms with Crippen molar-refractivity contribution in [3.63, 3.8) is 0 Å². The van der Waals surface area contributed by atoms with E-state index in [2.05, 4.69) is 18.8 Å². The molecule has 0 radical (unpaired) electrons. The summed E-state index contributed by atoms with van der Waals surface area (Å²) in [4.78, 5) is 17.3. The van der Waals surface area contributed by atoms with E-state index in [0.717, 1.165) is 25.7 Å². The van der Waals surface area contributed by atoms with Crippen molar-refractivity contribution < 1.29 is 9.90 Å². The first kappa shape index (κ1) is 14.1. The summed E-state index contributed by atoms with van der Waals surface area (Å²) in [6.07, 6.45) is 5.50. The average molecular weight is 264 g/mol. The smallest absolute Gasteiger partial charge is 0.223 e. The van der Waals surface area contributed by atoms with Crippen LogP contribution < -0.4 is 0 Å². The van der Waals surface area contributed by atoms with Gasteiger partial charge < -0.3 is 15.0 Å². The van der Waals surface area contributed by atoms with E-state index < -0.39 is 0 Å². The van der Waals surface area contributed by atoms with Gasteiger partial charge in [0.1, 0.15) is 0 Å². The highest BCUT2D eigenvalue weighted by atomic mass is 16.3. The molecule has 1 aromatic heterocycles. The number of nitrogens with one attached hydrogen (secondary N) is 1. The van der Waals surface area contributed by atoms with Gasteiger partial charge in [-0.2, -0.15) is 0 Å². The topological polar surface area (TPSA) is 56.3 Å². The van der Waals surface area contributed by atoms with Crippen molar-refractivity contribution in [3.05, 3.63) is 24.0 Å². The van der Waals surface area contributed by atoms with E-state index in [1.165, 1.54) is 5.69 Å². The normalized spacial score (nSPS) is 22.5. The molecule has 1 aliphatic heterocycles. The maximum absolute atomic E-state index is 12.3. The number of H-pyrrole nitrogens is 1. The zero-order valence-electron chi connectivity index (χ0n) is 11.9. The van der Waals surface area contributed by atoms with Crippen LogP contribution in [-0.4, -0.2) is 39.1 Å². The Morgan fingerprint density at radius 1 is 1.58 bits per heavy atom. The molecule has 2 heterocycles. The number of nitrogens with zero attached hydrogens (tertiary/aromatic N) is 1. The predicted octanol–water partition coefficient (Wildman–Crippen LogP) is 2.10. The zero-order chi connectivity index (χ0) is 13.9. The van der Waals surface area contributed by atoms with Crippen LogP contribution in [0.5, 0.6) is 0 Å². The maximum atomic E-state index is 12.3. The lowest BCUT2D eigenvalue weighted by molar-refractivity contribution is -0.142. The largest absolute Gasteiger partial charge is 0.391 e. The van der Waals surface area contributed by atoms with Crippen molar-refractivity contribution in [1.29, 1.82) is 0 Å². The summed E-state index contributed by atoms with van der Waals surface area (Å²) in [5, 5.41) is 9.74. The second-order valence-corrected chi connectivity index (χ2v) is 6.06. The van der Waals surface area contributed by atoms with Crippen LogP contribution in [0.4, 0.5) is 0 Å². The summed E-state index contributed by atoms with van der Waals surface area (Å²) in [7, 11) is 0. The number of amides is 1. The molecule has 106 valence electrons. The van der Waals surface area contributed by atoms with Gasteiger partial charge >= 0.3 is 0 Å². The first-order valence-corrected chi connectivity index (χ1v) is 7.10. The molecule has 0 saturated carbocycles. The molecule has 4 heteroatoms. The molecule has 2 rings (SSSR count). The molecule has 0 bridgehead atoms. The number of hydrogen-bond donors (Lipinski definition) is 2. The fraction of sp³-hybridized carbons (Fsp3) is 0.667. The number of aromatic amines is 1. The van der Waals surface area contributed by atoms with Gasteiger partial charge in [0.05, 0.1) is 6.10 Å². The van der Waals surface area contributed by atoms with E-state index in [0.29, 0.717) is 13.0 Å². The Labute approximate surface area is 114 Å². The number of likely N-dealkylation sites (tertiary alicyclic amines) is 1. The average Bonchev–Trinajstić information content (AvgIpc) is 2.85. The van der Waals surface area contributed by atoms with Crippen LogP contribution in [-0.2, 0) is 11.2 Å². The molecule has 4 nitrogen and oxygen atoms in total. The fourth-order valence-electron chi connectivity index (χ4n) is 2.73. The molecule has 1 saturated heterocycles. The number of aromatic nitrogens is 1. The van der Waals surface area contributed by atoms with Crippen LogP contribution in [0.3, 0.4) is 0 Å². The molecular formula is C15H24N2O2. The number of aliphatic hydroxyl groups excluding tert-OH is 1. The number of aliphatic hydroxyl groups is 1. The lowest BCUT2D eigenvalue weighted by Crippen LogP contribution is -2.54. The third-order valence-corrected chi connectivity index (χ3v) is 4.01. The van der Waals surface area contributed by atoms with E-state index in [-0.39, 0.29) is 17.6 Å². The third kappa shape index (κ3) is 3.60. The van der Waals surface area contributed by atoms with Gasteiger partial charge in [0.25, 0.3) is 0 Å². The van der Waals surface area contributed by atoms with Crippen molar-refractivity contribution in [2.24, 2.45) is 0 Å². The number of aryl methyl sites for hydroxylation is 1. The first-order valence-electron chi connectivity index (χ1n) is 7.10. The van der Waals surface area contributed by atoms with Gasteiger partial charge in [-0.15, -0.1) is 0 Å². The third-order valence-electron chi connectivity index (χ3n) is 4.01. The number of carbonyl (C=O) groups excluding carboxylic acids is 1. The summed E-state index contributed by atoms with van der Waals surface area (Å²) >= 11 is 0. The summed E-state index contributed by atoms with van der Waals surface area (Å²) < 4.78 is 0. The number of piperidine rings is 1. The highest BCUT2D eigenvalue weighted by molar-refractivity contribution is 5.77. The zero-order valence-corrected chi connectivity index (χ0v) is 11.9. The van der Waals surface area contributed by atoms with Crippen LogP contribution in [0.2, 0.25) is 0 Å². The Balaban J connectivity index is 1.84. The van der Waals surface area contributed by atoms with Gasteiger partial charge in [-0.1, -0.05) is 0 Å². The van der Waals surface area contributed by atoms with Crippen LogP contribution in [0.1, 0.15) is 45.2 Å². The minimum Gasteiger partial charge on any atom is -0.391 e. The quantitative estimate of drug-likeness (QED) is 0.875. The second-order valence-electron chi connectivity index (χ2n) is 6.06. The number of carbonyl (C=O) groups is 1. The molecule has 1 aliphatic rings. The fourth-order valence-corrected chi connectivity index (χ4v) is 2.73. The van der Waals surface area contributed by atoms with E-state index in [1.807, 2.05) is 23.2 Å². The summed E-state index contributed by atoms with van der Waals surface area (Å²) in [6, 6.07) is 4.01. The van der Waals surface area contributed by atoms with Crippen molar-refractivity contribution in [2.75, 3.05) is 6.54 Å². The Bertz CT molecular complexity index is 412. The van der Waals surface area contributed by atoms with Crippen molar-refractivity contribution in [3.8, 4) is 0 Å². The molecule has 2 N–H and O–H groups in total. The SMILES string of the molecule is CC1(C)CCC(O)CN1C(=O)CCCc1ccc[nH]1. The Morgan fingerprint density at radius 3 is 3.05 bits per heavy atom. The van der Waals surface area contributed by atoms with Crippen molar-refractivity contribution in [1.82, 2.24) is 9.88 Å². The second kappa shape index (κ2) is 5.78. The lowest BCUT2D eigenvalue weighted by Gasteiger charge is -2.44. The maximum Gasteiger partial charge on any atom is 0.223 e. The molecule has 0 aromatic carbocycles. The molecule has 1 atom stereocenters. The van der Waals surface area contributed by atoms with E-state index in [9.17, 15) is 9.90 Å². The lowest BCUT2D eigenvalue weighted by atomic mass is 9.88. The van der Waals surface area contributed by atoms with Gasteiger partial charge in [0.2, 0.25) is 5.91 Å². The van der Waals surface area contributed by atoms with Crippen LogP contribution in [0.15, 0.2) is 18.3 Å². The highest BCUT2D eigenvalue weighted by Crippen LogP contribution is 2.28. The first-order chi connectivity index (χ1) is 8.99. The van der Waals surface area contributed by atoms with Crippen LogP contribution in [0, 0.1) is 0 Å². The molecule has 1 aromatic rings. The standard InChI is InChI=1S/C15H24N2O2/c1-15(2)9-8-13(18)11-17(15)14(19)7-3-5-12-6-4-10-16-12/h4,6,10,13,16,18H,3,5,7-9,11H2,1-2H3. The number of hydrogen-bond acceptors (Lipinski definition) is 2. The number of rotatable bonds is 4. The number of β-amino-alcohol motifs (C(OH)–C–C–N with tert-alkyl or cyclic N) is 1. The molecule has 1 unspecified atom stereocenters. The van der Waals surface area contributed by atoms with Gasteiger partial charge in [-0.25, -0.2) is 0 Å². The van der Waals surface area contributed by atoms with Crippen molar-refractivity contribution in [2.45, 2.75) is 57.6 Å². The van der Waals surface area contributed by atoms with Gasteiger partial charge in [0.15, 0.2) is 0 Å². The summed E-state index contributed by atoms with van der Waals surface area (Å²) in [6.45, 7) is 4.65. The molecular weight excluding hydrogens is 240 g/mol. The summed E-state index contributed by atoms with van der Waals surface area (Å²) in [5.74, 6) is 0.162. The van der Waals surface area contributed by atoms with E-state index >= 15 is 0 Å². The molecule has 1 amide bonds. The van der Waals surface area contributed by atoms with E-state index in [4.69, 9.17) is 0 Å². The predicted molar refractivity (Wildman–Crippen MR) is 74.8 cm³/mol. The Hall–Kier alpha value is -1.29. The Morgan fingerprint density at radius 2 is 2.37 bits per heavy atom. The van der Waals surface area contributed by atoms with Crippen molar-refractivity contribution >= 4 is 5.91 Å². The van der Waals surface area contributed by atoms with Gasteiger partial charge in [0, 0.05) is 30.4 Å².